The summed E-state index contributed by atoms with van der Waals surface area (Å²) in [7, 11) is 0. The van der Waals surface area contributed by atoms with Crippen LogP contribution in [-0.2, 0) is 0 Å². The molecule has 0 aliphatic carbocycles. The van der Waals surface area contributed by atoms with Crippen molar-refractivity contribution in [1.82, 2.24) is 0 Å². The number of rotatable bonds is 1. The van der Waals surface area contributed by atoms with Crippen LogP contribution in [0.25, 0.3) is 11.1 Å². The quantitative estimate of drug-likeness (QED) is 0.147. The number of phenols is 4. The topological polar surface area (TPSA) is 80.9 Å². The van der Waals surface area contributed by atoms with Gasteiger partial charge in [-0.05, 0) is 135 Å². The smallest absolute Gasteiger partial charge is 0.123 e. The first-order valence-electron chi connectivity index (χ1n) is 13.4. The summed E-state index contributed by atoms with van der Waals surface area (Å²) in [6.07, 6.45) is 0. The molecule has 0 saturated carbocycles. The maximum atomic E-state index is 9.87. The molecule has 5 aromatic rings. The van der Waals surface area contributed by atoms with Crippen LogP contribution in [-0.4, -0.2) is 20.4 Å². The van der Waals surface area contributed by atoms with Crippen molar-refractivity contribution in [2.75, 3.05) is 0 Å². The molecular formula is C36H37Cl3O4. The van der Waals surface area contributed by atoms with Crippen LogP contribution in [0.5, 0.6) is 23.0 Å². The number of hydrogen-bond donors (Lipinski definition) is 4. The minimum atomic E-state index is 0.261. The zero-order valence-electron chi connectivity index (χ0n) is 25.1. The van der Waals surface area contributed by atoms with E-state index in [0.717, 1.165) is 44.0 Å². The molecule has 4 nitrogen and oxygen atoms in total. The Hall–Kier alpha value is -3.83. The van der Waals surface area contributed by atoms with Gasteiger partial charge in [0.15, 0.2) is 0 Å². The van der Waals surface area contributed by atoms with Crippen molar-refractivity contribution in [3.63, 3.8) is 0 Å². The highest BCUT2D eigenvalue weighted by Crippen LogP contribution is 2.33. The van der Waals surface area contributed by atoms with Crippen LogP contribution in [0, 0.1) is 41.5 Å². The standard InChI is InChI=1S/C14H14O.C8H9ClO.2C7H7ClO/c1-10-8-9-13(15)14(11(10)2)12-6-4-3-5-7-12;1-5-3-7(10)4-6(2)8(5)9;1-5-4-6(9)2-3-7(5)8;1-5-4-6(8)2-3-7(5)9/h3-9,15H,1-2H3;3-4,10H,1-2H3;2*2-4,9H,1H3. The molecule has 43 heavy (non-hydrogen) atoms. The molecule has 0 saturated heterocycles. The van der Waals surface area contributed by atoms with Crippen molar-refractivity contribution in [1.29, 1.82) is 0 Å². The molecule has 0 bridgehead atoms. The fraction of sp³-hybridized carbons (Fsp3) is 0.167. The Morgan fingerprint density at radius 2 is 1.02 bits per heavy atom. The first kappa shape index (κ1) is 35.4. The second kappa shape index (κ2) is 16.7. The molecule has 0 heterocycles. The van der Waals surface area contributed by atoms with E-state index in [-0.39, 0.29) is 11.5 Å². The Balaban J connectivity index is 0.000000206. The van der Waals surface area contributed by atoms with Crippen molar-refractivity contribution in [3.8, 4) is 34.1 Å². The molecule has 0 fully saturated rings. The summed E-state index contributed by atoms with van der Waals surface area (Å²) in [5, 5.41) is 38.9. The fourth-order valence-electron chi connectivity index (χ4n) is 3.94. The van der Waals surface area contributed by atoms with E-state index in [4.69, 9.17) is 50.1 Å². The Bertz CT molecular complexity index is 1580. The van der Waals surface area contributed by atoms with Crippen molar-refractivity contribution < 1.29 is 20.4 Å². The predicted molar refractivity (Wildman–Crippen MR) is 181 cm³/mol. The maximum Gasteiger partial charge on any atom is 0.123 e. The monoisotopic (exact) mass is 638 g/mol. The van der Waals surface area contributed by atoms with Crippen molar-refractivity contribution in [2.45, 2.75) is 41.5 Å². The summed E-state index contributed by atoms with van der Waals surface area (Å²) in [6, 6.07) is 26.8. The molecule has 5 aromatic carbocycles. The van der Waals surface area contributed by atoms with Gasteiger partial charge in [0, 0.05) is 20.6 Å². The number of phenolic OH excluding ortho intramolecular Hbond substituents is 4. The summed E-state index contributed by atoms with van der Waals surface area (Å²) >= 11 is 17.1. The molecule has 0 amide bonds. The molecule has 0 aliphatic rings. The lowest BCUT2D eigenvalue weighted by molar-refractivity contribution is 0.471. The summed E-state index contributed by atoms with van der Waals surface area (Å²) in [4.78, 5) is 0. The molecule has 0 aliphatic heterocycles. The van der Waals surface area contributed by atoms with Gasteiger partial charge in [0.1, 0.15) is 23.0 Å². The zero-order chi connectivity index (χ0) is 32.3. The second-order valence-corrected chi connectivity index (χ2v) is 11.2. The number of hydrogen-bond acceptors (Lipinski definition) is 4. The minimum absolute atomic E-state index is 0.261. The van der Waals surface area contributed by atoms with E-state index in [1.54, 1.807) is 61.5 Å². The van der Waals surface area contributed by atoms with Crippen molar-refractivity contribution in [3.05, 3.63) is 139 Å². The Labute approximate surface area is 269 Å². The number of aryl methyl sites for hydroxylation is 5. The van der Waals surface area contributed by atoms with Crippen LogP contribution < -0.4 is 0 Å². The van der Waals surface area contributed by atoms with Gasteiger partial charge in [-0.25, -0.2) is 0 Å². The molecule has 0 radical (unpaired) electrons. The Morgan fingerprint density at radius 3 is 1.53 bits per heavy atom. The second-order valence-electron chi connectivity index (χ2n) is 10.0. The number of aromatic hydroxyl groups is 4. The normalized spacial score (nSPS) is 9.88. The summed E-state index contributed by atoms with van der Waals surface area (Å²) in [5.41, 5.74) is 7.89. The fourth-order valence-corrected chi connectivity index (χ4v) is 4.39. The van der Waals surface area contributed by atoms with E-state index < -0.39 is 0 Å². The summed E-state index contributed by atoms with van der Waals surface area (Å²) < 4.78 is 0. The van der Waals surface area contributed by atoms with Gasteiger partial charge in [0.05, 0.1) is 0 Å². The average Bonchev–Trinajstić information content (AvgIpc) is 2.96. The van der Waals surface area contributed by atoms with Gasteiger partial charge in [-0.2, -0.15) is 0 Å². The third-order valence-electron chi connectivity index (χ3n) is 6.50. The molecule has 0 spiro atoms. The van der Waals surface area contributed by atoms with E-state index in [9.17, 15) is 5.11 Å². The zero-order valence-corrected chi connectivity index (χ0v) is 27.4. The van der Waals surface area contributed by atoms with Crippen molar-refractivity contribution >= 4 is 34.8 Å². The number of benzene rings is 5. The lowest BCUT2D eigenvalue weighted by Crippen LogP contribution is -1.87. The van der Waals surface area contributed by atoms with Gasteiger partial charge >= 0.3 is 0 Å². The van der Waals surface area contributed by atoms with Gasteiger partial charge in [-0.1, -0.05) is 71.2 Å². The van der Waals surface area contributed by atoms with Gasteiger partial charge < -0.3 is 20.4 Å². The Kier molecular flexibility index (Phi) is 13.7. The summed E-state index contributed by atoms with van der Waals surface area (Å²) in [6.45, 7) is 11.5. The van der Waals surface area contributed by atoms with Gasteiger partial charge in [-0.3, -0.25) is 0 Å². The highest BCUT2D eigenvalue weighted by Gasteiger charge is 2.08. The van der Waals surface area contributed by atoms with Gasteiger partial charge in [0.2, 0.25) is 0 Å². The number of halogens is 3. The molecular weight excluding hydrogens is 603 g/mol. The SMILES string of the molecule is Cc1cc(Cl)ccc1O.Cc1cc(O)cc(C)c1Cl.Cc1cc(O)ccc1Cl.Cc1ccc(O)c(-c2ccccc2)c1C. The van der Waals surface area contributed by atoms with E-state index in [1.807, 2.05) is 64.1 Å². The largest absolute Gasteiger partial charge is 0.508 e. The third-order valence-corrected chi connectivity index (χ3v) is 7.75. The van der Waals surface area contributed by atoms with E-state index in [0.29, 0.717) is 21.5 Å². The average molecular weight is 640 g/mol. The Morgan fingerprint density at radius 1 is 0.465 bits per heavy atom. The van der Waals surface area contributed by atoms with E-state index >= 15 is 0 Å². The van der Waals surface area contributed by atoms with Crippen LogP contribution in [0.3, 0.4) is 0 Å². The lowest BCUT2D eigenvalue weighted by atomic mass is 9.96. The van der Waals surface area contributed by atoms with Crippen molar-refractivity contribution in [2.24, 2.45) is 0 Å². The highest BCUT2D eigenvalue weighted by atomic mass is 35.5. The van der Waals surface area contributed by atoms with Gasteiger partial charge in [0.25, 0.3) is 0 Å². The predicted octanol–water partition coefficient (Wildman–Crippen LogP) is 11.0. The molecule has 5 rings (SSSR count). The van der Waals surface area contributed by atoms with E-state index in [2.05, 4.69) is 6.92 Å². The lowest BCUT2D eigenvalue weighted by Gasteiger charge is -2.10. The van der Waals surface area contributed by atoms with Gasteiger partial charge in [-0.15, -0.1) is 0 Å². The molecule has 0 unspecified atom stereocenters. The first-order valence-corrected chi connectivity index (χ1v) is 14.5. The summed E-state index contributed by atoms with van der Waals surface area (Å²) in [5.74, 6) is 1.18. The molecule has 0 atom stereocenters. The maximum absolute atomic E-state index is 9.87. The van der Waals surface area contributed by atoms with Crippen LogP contribution in [0.2, 0.25) is 15.1 Å². The van der Waals surface area contributed by atoms with Crippen LogP contribution >= 0.6 is 34.8 Å². The van der Waals surface area contributed by atoms with Crippen LogP contribution in [0.15, 0.2) is 91.0 Å². The van der Waals surface area contributed by atoms with Crippen LogP contribution in [0.1, 0.15) is 33.4 Å². The highest BCUT2D eigenvalue weighted by molar-refractivity contribution is 6.32. The first-order chi connectivity index (χ1) is 20.2. The molecule has 226 valence electrons. The molecule has 7 heteroatoms. The molecule has 4 N–H and O–H groups in total. The minimum Gasteiger partial charge on any atom is -0.508 e. The third kappa shape index (κ3) is 11.1. The molecule has 0 aromatic heterocycles. The van der Waals surface area contributed by atoms with E-state index in [1.165, 1.54) is 5.56 Å². The van der Waals surface area contributed by atoms with Crippen LogP contribution in [0.4, 0.5) is 0 Å².